The van der Waals surface area contributed by atoms with Gasteiger partial charge in [0.05, 0.1) is 29.0 Å². The Morgan fingerprint density at radius 3 is 2.61 bits per heavy atom. The summed E-state index contributed by atoms with van der Waals surface area (Å²) in [6.07, 6.45) is 2.15. The van der Waals surface area contributed by atoms with E-state index in [1.165, 1.54) is 11.1 Å². The number of carbonyl (C=O) groups excluding carboxylic acids is 2. The number of aliphatic hydroxyl groups excluding tert-OH is 1. The lowest BCUT2D eigenvalue weighted by molar-refractivity contribution is -0.139. The second-order valence-corrected chi connectivity index (χ2v) is 8.80. The van der Waals surface area contributed by atoms with Crippen LogP contribution in [0.3, 0.4) is 0 Å². The number of amides is 1. The maximum atomic E-state index is 13.2. The fourth-order valence-electron chi connectivity index (χ4n) is 4.01. The lowest BCUT2D eigenvalue weighted by Gasteiger charge is -2.26. The van der Waals surface area contributed by atoms with E-state index in [0.717, 1.165) is 6.54 Å². The molecule has 0 spiro atoms. The van der Waals surface area contributed by atoms with Gasteiger partial charge in [-0.1, -0.05) is 12.1 Å². The van der Waals surface area contributed by atoms with Crippen LogP contribution in [-0.4, -0.2) is 69.9 Å². The number of ether oxygens (including phenoxy) is 1. The summed E-state index contributed by atoms with van der Waals surface area (Å²) in [4.78, 5) is 38.3. The lowest BCUT2D eigenvalue weighted by atomic mass is 9.95. The van der Waals surface area contributed by atoms with Gasteiger partial charge in [0.15, 0.2) is 0 Å². The Hall–Kier alpha value is -3.26. The van der Waals surface area contributed by atoms with Gasteiger partial charge in [-0.3, -0.25) is 9.59 Å². The predicted molar refractivity (Wildman–Crippen MR) is 126 cm³/mol. The van der Waals surface area contributed by atoms with Crippen LogP contribution in [0, 0.1) is 13.8 Å². The standard InChI is InChI=1S/C25H32N4O4/c1-15(2)33-19-10-7-9-18(13-19)22-21(23(30)20-14-26-17(4)27-16(20)3)24(31)25(32)29(22)12-8-11-28(5)6/h7,9-10,13-15,22,30H,8,11-12H2,1-6H3. The molecule has 0 radical (unpaired) electrons. The summed E-state index contributed by atoms with van der Waals surface area (Å²) in [5.41, 5.74) is 1.62. The molecule has 8 nitrogen and oxygen atoms in total. The summed E-state index contributed by atoms with van der Waals surface area (Å²) < 4.78 is 5.83. The molecule has 1 aliphatic heterocycles. The van der Waals surface area contributed by atoms with Crippen molar-refractivity contribution in [1.29, 1.82) is 0 Å². The van der Waals surface area contributed by atoms with Crippen molar-refractivity contribution in [2.24, 2.45) is 0 Å². The van der Waals surface area contributed by atoms with Crippen molar-refractivity contribution in [1.82, 2.24) is 19.8 Å². The van der Waals surface area contributed by atoms with Gasteiger partial charge in [0, 0.05) is 12.7 Å². The minimum absolute atomic E-state index is 0.0286. The Morgan fingerprint density at radius 2 is 1.97 bits per heavy atom. The number of likely N-dealkylation sites (tertiary alicyclic amines) is 1. The molecule has 2 aromatic rings. The molecule has 0 saturated carbocycles. The Bertz CT molecular complexity index is 1080. The van der Waals surface area contributed by atoms with Crippen LogP contribution in [0.1, 0.15) is 49.0 Å². The molecule has 176 valence electrons. The molecule has 1 N–H and O–H groups in total. The molecule has 1 amide bonds. The van der Waals surface area contributed by atoms with E-state index in [9.17, 15) is 14.7 Å². The van der Waals surface area contributed by atoms with Gasteiger partial charge in [-0.05, 0) is 72.5 Å². The van der Waals surface area contributed by atoms with Crippen molar-refractivity contribution < 1.29 is 19.4 Å². The molecule has 8 heteroatoms. The summed E-state index contributed by atoms with van der Waals surface area (Å²) in [5.74, 6) is -0.403. The number of aromatic nitrogens is 2. The van der Waals surface area contributed by atoms with E-state index >= 15 is 0 Å². The molecular weight excluding hydrogens is 420 g/mol. The molecule has 1 saturated heterocycles. The van der Waals surface area contributed by atoms with Crippen molar-refractivity contribution in [3.63, 3.8) is 0 Å². The lowest BCUT2D eigenvalue weighted by Crippen LogP contribution is -2.32. The Morgan fingerprint density at radius 1 is 1.24 bits per heavy atom. The molecule has 1 aromatic carbocycles. The van der Waals surface area contributed by atoms with Crippen LogP contribution in [0.25, 0.3) is 5.76 Å². The molecule has 1 unspecified atom stereocenters. The van der Waals surface area contributed by atoms with Crippen LogP contribution in [0.4, 0.5) is 0 Å². The molecule has 1 fully saturated rings. The van der Waals surface area contributed by atoms with Gasteiger partial charge in [-0.15, -0.1) is 0 Å². The fourth-order valence-corrected chi connectivity index (χ4v) is 4.01. The summed E-state index contributed by atoms with van der Waals surface area (Å²) in [5, 5.41) is 11.2. The number of aliphatic hydroxyl groups is 1. The number of rotatable bonds is 8. The van der Waals surface area contributed by atoms with Gasteiger partial charge in [-0.2, -0.15) is 0 Å². The van der Waals surface area contributed by atoms with Crippen molar-refractivity contribution in [3.05, 3.63) is 58.7 Å². The zero-order valence-corrected chi connectivity index (χ0v) is 20.1. The third kappa shape index (κ3) is 5.39. The van der Waals surface area contributed by atoms with Crippen LogP contribution >= 0.6 is 0 Å². The van der Waals surface area contributed by atoms with E-state index in [0.29, 0.717) is 41.4 Å². The number of carbonyl (C=O) groups is 2. The number of nitrogens with zero attached hydrogens (tertiary/aromatic N) is 4. The number of hydrogen-bond donors (Lipinski definition) is 1. The molecule has 1 atom stereocenters. The highest BCUT2D eigenvalue weighted by molar-refractivity contribution is 6.46. The highest BCUT2D eigenvalue weighted by atomic mass is 16.5. The summed E-state index contributed by atoms with van der Waals surface area (Å²) >= 11 is 0. The minimum Gasteiger partial charge on any atom is -0.507 e. The van der Waals surface area contributed by atoms with Crippen molar-refractivity contribution >= 4 is 17.4 Å². The van der Waals surface area contributed by atoms with E-state index in [4.69, 9.17) is 4.74 Å². The molecule has 1 aromatic heterocycles. The number of benzene rings is 1. The quantitative estimate of drug-likeness (QED) is 0.373. The van der Waals surface area contributed by atoms with E-state index in [1.807, 2.05) is 57.1 Å². The monoisotopic (exact) mass is 452 g/mol. The topological polar surface area (TPSA) is 95.9 Å². The Labute approximate surface area is 194 Å². The van der Waals surface area contributed by atoms with E-state index in [-0.39, 0.29) is 17.4 Å². The molecule has 1 aliphatic rings. The van der Waals surface area contributed by atoms with Crippen LogP contribution in [-0.2, 0) is 9.59 Å². The highest BCUT2D eigenvalue weighted by Gasteiger charge is 2.46. The molecule has 3 rings (SSSR count). The van der Waals surface area contributed by atoms with E-state index < -0.39 is 17.7 Å². The average molecular weight is 453 g/mol. The normalized spacial score (nSPS) is 17.9. The third-order valence-electron chi connectivity index (χ3n) is 5.44. The number of Topliss-reactive ketones (excluding diaryl/α,β-unsaturated/α-hetero) is 1. The maximum absolute atomic E-state index is 13.2. The van der Waals surface area contributed by atoms with Crippen molar-refractivity contribution in [2.75, 3.05) is 27.2 Å². The largest absolute Gasteiger partial charge is 0.507 e. The van der Waals surface area contributed by atoms with Gasteiger partial charge in [0.2, 0.25) is 0 Å². The van der Waals surface area contributed by atoms with Crippen LogP contribution in [0.15, 0.2) is 36.0 Å². The van der Waals surface area contributed by atoms with E-state index in [2.05, 4.69) is 9.97 Å². The molecule has 0 bridgehead atoms. The molecule has 33 heavy (non-hydrogen) atoms. The summed E-state index contributed by atoms with van der Waals surface area (Å²) in [6, 6.07) is 6.59. The van der Waals surface area contributed by atoms with Crippen LogP contribution < -0.4 is 4.74 Å². The first-order valence-electron chi connectivity index (χ1n) is 11.1. The van der Waals surface area contributed by atoms with Crippen molar-refractivity contribution in [2.45, 2.75) is 46.3 Å². The van der Waals surface area contributed by atoms with Crippen LogP contribution in [0.5, 0.6) is 5.75 Å². The summed E-state index contributed by atoms with van der Waals surface area (Å²) in [6.45, 7) is 8.49. The number of hydrogen-bond acceptors (Lipinski definition) is 7. The van der Waals surface area contributed by atoms with Gasteiger partial charge in [-0.25, -0.2) is 9.97 Å². The fraction of sp³-hybridized carbons (Fsp3) is 0.440. The first-order chi connectivity index (χ1) is 15.6. The second-order valence-electron chi connectivity index (χ2n) is 8.80. The van der Waals surface area contributed by atoms with E-state index in [1.54, 1.807) is 13.8 Å². The van der Waals surface area contributed by atoms with Gasteiger partial charge in [0.1, 0.15) is 17.3 Å². The first-order valence-corrected chi connectivity index (χ1v) is 11.1. The number of ketones is 1. The SMILES string of the molecule is Cc1ncc(C(O)=C2C(=O)C(=O)N(CCCN(C)C)C2c2cccc(OC(C)C)c2)c(C)n1. The number of aryl methyl sites for hydroxylation is 2. The van der Waals surface area contributed by atoms with Gasteiger partial charge >= 0.3 is 0 Å². The zero-order chi connectivity index (χ0) is 24.3. The van der Waals surface area contributed by atoms with Gasteiger partial charge in [0.25, 0.3) is 11.7 Å². The van der Waals surface area contributed by atoms with Gasteiger partial charge < -0.3 is 19.6 Å². The van der Waals surface area contributed by atoms with Crippen LogP contribution in [0.2, 0.25) is 0 Å². The molecule has 0 aliphatic carbocycles. The highest BCUT2D eigenvalue weighted by Crippen LogP contribution is 2.40. The first kappa shape index (κ1) is 24.4. The second kappa shape index (κ2) is 10.1. The Kier molecular flexibility index (Phi) is 7.48. The van der Waals surface area contributed by atoms with Crippen molar-refractivity contribution in [3.8, 4) is 5.75 Å². The smallest absolute Gasteiger partial charge is 0.295 e. The predicted octanol–water partition coefficient (Wildman–Crippen LogP) is 3.25. The average Bonchev–Trinajstić information content (AvgIpc) is 2.98. The third-order valence-corrected chi connectivity index (χ3v) is 5.44. The minimum atomic E-state index is -0.733. The molecule has 2 heterocycles. The molecular formula is C25H32N4O4. The summed E-state index contributed by atoms with van der Waals surface area (Å²) in [7, 11) is 3.91. The zero-order valence-electron chi connectivity index (χ0n) is 20.1. The Balaban J connectivity index is 2.13. The maximum Gasteiger partial charge on any atom is 0.295 e.